The van der Waals surface area contributed by atoms with E-state index in [2.05, 4.69) is 0 Å². The number of sulfone groups is 1. The van der Waals surface area contributed by atoms with Gasteiger partial charge in [0.15, 0.2) is 15.6 Å². The highest BCUT2D eigenvalue weighted by molar-refractivity contribution is 7.90. The molecule has 0 amide bonds. The first-order valence-electron chi connectivity index (χ1n) is 7.09. The molecule has 2 aromatic rings. The van der Waals surface area contributed by atoms with Crippen molar-refractivity contribution in [2.75, 3.05) is 20.5 Å². The third-order valence-electron chi connectivity index (χ3n) is 3.39. The van der Waals surface area contributed by atoms with Gasteiger partial charge in [0.05, 0.1) is 14.2 Å². The maximum Gasteiger partial charge on any atom is 0.185 e. The Kier molecular flexibility index (Phi) is 5.41. The van der Waals surface area contributed by atoms with Crippen LogP contribution in [0.4, 0.5) is 0 Å². The molecule has 0 aliphatic heterocycles. The zero-order chi connectivity index (χ0) is 17.7. The molecule has 0 aliphatic rings. The third-order valence-corrected chi connectivity index (χ3v) is 4.53. The molecule has 0 spiro atoms. The van der Waals surface area contributed by atoms with Gasteiger partial charge in [-0.25, -0.2) is 8.42 Å². The van der Waals surface area contributed by atoms with Crippen LogP contribution in [0.2, 0.25) is 0 Å². The molecule has 5 nitrogen and oxygen atoms in total. The molecular formula is C18H18O5S. The molecule has 0 N–H and O–H groups in total. The number of rotatable bonds is 6. The Bertz CT molecular complexity index is 865. The van der Waals surface area contributed by atoms with E-state index in [1.54, 1.807) is 25.3 Å². The second-order valence-corrected chi connectivity index (χ2v) is 7.09. The molecule has 126 valence electrons. The molecule has 0 saturated carbocycles. The molecule has 0 fully saturated rings. The molecule has 0 bridgehead atoms. The first-order valence-corrected chi connectivity index (χ1v) is 8.99. The smallest absolute Gasteiger partial charge is 0.185 e. The Morgan fingerprint density at radius 2 is 1.67 bits per heavy atom. The van der Waals surface area contributed by atoms with Gasteiger partial charge in [-0.2, -0.15) is 0 Å². The van der Waals surface area contributed by atoms with Crippen molar-refractivity contribution in [2.45, 2.75) is 4.90 Å². The van der Waals surface area contributed by atoms with Gasteiger partial charge in [-0.3, -0.25) is 4.79 Å². The maximum absolute atomic E-state index is 12.3. The molecule has 0 saturated heterocycles. The van der Waals surface area contributed by atoms with E-state index in [1.165, 1.54) is 31.4 Å². The number of ketones is 1. The minimum Gasteiger partial charge on any atom is -0.497 e. The van der Waals surface area contributed by atoms with Gasteiger partial charge in [-0.1, -0.05) is 18.2 Å². The fourth-order valence-corrected chi connectivity index (χ4v) is 2.93. The Hall–Kier alpha value is -2.60. The lowest BCUT2D eigenvalue weighted by atomic mass is 10.1. The highest BCUT2D eigenvalue weighted by atomic mass is 32.2. The molecule has 0 aromatic heterocycles. The molecule has 0 aliphatic carbocycles. The van der Waals surface area contributed by atoms with E-state index in [1.807, 2.05) is 12.1 Å². The van der Waals surface area contributed by atoms with Crippen molar-refractivity contribution < 1.29 is 22.7 Å². The van der Waals surface area contributed by atoms with Crippen LogP contribution in [0.5, 0.6) is 11.5 Å². The van der Waals surface area contributed by atoms with Crippen molar-refractivity contribution in [3.63, 3.8) is 0 Å². The number of carbonyl (C=O) groups is 1. The average molecular weight is 346 g/mol. The van der Waals surface area contributed by atoms with E-state index >= 15 is 0 Å². The van der Waals surface area contributed by atoms with Gasteiger partial charge in [0, 0.05) is 11.8 Å². The summed E-state index contributed by atoms with van der Waals surface area (Å²) in [6.45, 7) is 0. The van der Waals surface area contributed by atoms with Crippen molar-refractivity contribution >= 4 is 21.7 Å². The lowest BCUT2D eigenvalue weighted by Crippen LogP contribution is -2.03. The summed E-state index contributed by atoms with van der Waals surface area (Å²) < 4.78 is 33.5. The highest BCUT2D eigenvalue weighted by Gasteiger charge is 2.16. The molecule has 2 aromatic carbocycles. The van der Waals surface area contributed by atoms with Crippen LogP contribution >= 0.6 is 0 Å². The normalized spacial score (nSPS) is 11.5. The Morgan fingerprint density at radius 3 is 2.21 bits per heavy atom. The molecule has 2 rings (SSSR count). The van der Waals surface area contributed by atoms with Crippen molar-refractivity contribution in [2.24, 2.45) is 0 Å². The van der Waals surface area contributed by atoms with E-state index in [9.17, 15) is 13.2 Å². The summed E-state index contributed by atoms with van der Waals surface area (Å²) in [6.07, 6.45) is 4.20. The van der Waals surface area contributed by atoms with Gasteiger partial charge in [-0.15, -0.1) is 0 Å². The van der Waals surface area contributed by atoms with Gasteiger partial charge in [0.2, 0.25) is 0 Å². The van der Waals surface area contributed by atoms with Crippen LogP contribution < -0.4 is 9.47 Å². The number of methoxy groups -OCH3 is 2. The summed E-state index contributed by atoms with van der Waals surface area (Å²) in [6, 6.07) is 11.5. The van der Waals surface area contributed by atoms with Gasteiger partial charge >= 0.3 is 0 Å². The van der Waals surface area contributed by atoms with Crippen LogP contribution in [0.1, 0.15) is 15.9 Å². The molecular weight excluding hydrogens is 328 g/mol. The standard InChI is InChI=1S/C18H18O5S/c1-22-15-8-4-13(5-9-15)6-10-16(19)14-7-11-18(24(3,20)21)17(12-14)23-2/h4-12H,1-3H3/b10-6-. The van der Waals surface area contributed by atoms with Gasteiger partial charge < -0.3 is 9.47 Å². The van der Waals surface area contributed by atoms with Crippen LogP contribution in [0.15, 0.2) is 53.4 Å². The van der Waals surface area contributed by atoms with E-state index < -0.39 is 9.84 Å². The van der Waals surface area contributed by atoms with Gasteiger partial charge in [0.1, 0.15) is 16.4 Å². The number of hydrogen-bond donors (Lipinski definition) is 0. The zero-order valence-electron chi connectivity index (χ0n) is 13.6. The maximum atomic E-state index is 12.3. The largest absolute Gasteiger partial charge is 0.497 e. The van der Waals surface area contributed by atoms with Crippen LogP contribution in [-0.4, -0.2) is 34.7 Å². The second kappa shape index (κ2) is 7.31. The Balaban J connectivity index is 2.24. The molecule has 0 atom stereocenters. The summed E-state index contributed by atoms with van der Waals surface area (Å²) in [5.41, 5.74) is 1.20. The SMILES string of the molecule is COc1ccc(/C=C\C(=O)c2ccc(S(C)(=O)=O)c(OC)c2)cc1. The molecule has 6 heteroatoms. The number of benzene rings is 2. The lowest BCUT2D eigenvalue weighted by Gasteiger charge is -2.08. The summed E-state index contributed by atoms with van der Waals surface area (Å²) in [7, 11) is -0.464. The minimum absolute atomic E-state index is 0.0562. The fourth-order valence-electron chi connectivity index (χ4n) is 2.11. The number of carbonyl (C=O) groups excluding carboxylic acids is 1. The monoisotopic (exact) mass is 346 g/mol. The average Bonchev–Trinajstić information content (AvgIpc) is 2.58. The predicted molar refractivity (Wildman–Crippen MR) is 92.5 cm³/mol. The summed E-state index contributed by atoms with van der Waals surface area (Å²) in [4.78, 5) is 12.3. The summed E-state index contributed by atoms with van der Waals surface area (Å²) >= 11 is 0. The van der Waals surface area contributed by atoms with Gasteiger partial charge in [-0.05, 0) is 42.0 Å². The van der Waals surface area contributed by atoms with E-state index in [4.69, 9.17) is 9.47 Å². The summed E-state index contributed by atoms with van der Waals surface area (Å²) in [5.74, 6) is 0.643. The van der Waals surface area contributed by atoms with Gasteiger partial charge in [0.25, 0.3) is 0 Å². The summed E-state index contributed by atoms with van der Waals surface area (Å²) in [5, 5.41) is 0. The van der Waals surface area contributed by atoms with Crippen LogP contribution in [0.25, 0.3) is 6.08 Å². The van der Waals surface area contributed by atoms with Crippen molar-refractivity contribution in [3.8, 4) is 11.5 Å². The quantitative estimate of drug-likeness (QED) is 0.594. The molecule has 24 heavy (non-hydrogen) atoms. The van der Waals surface area contributed by atoms with E-state index in [-0.39, 0.29) is 16.4 Å². The number of allylic oxidation sites excluding steroid dienone is 1. The third kappa shape index (κ3) is 4.23. The lowest BCUT2D eigenvalue weighted by molar-refractivity contribution is 0.104. The molecule has 0 heterocycles. The van der Waals surface area contributed by atoms with Crippen molar-refractivity contribution in [1.82, 2.24) is 0 Å². The Morgan fingerprint density at radius 1 is 1.00 bits per heavy atom. The first kappa shape index (κ1) is 17.7. The van der Waals surface area contributed by atoms with Crippen molar-refractivity contribution in [3.05, 3.63) is 59.7 Å². The topological polar surface area (TPSA) is 69.7 Å². The van der Waals surface area contributed by atoms with Crippen LogP contribution in [0.3, 0.4) is 0 Å². The second-order valence-electron chi connectivity index (χ2n) is 5.11. The van der Waals surface area contributed by atoms with Crippen molar-refractivity contribution in [1.29, 1.82) is 0 Å². The molecule has 0 radical (unpaired) electrons. The fraction of sp³-hybridized carbons (Fsp3) is 0.167. The number of hydrogen-bond acceptors (Lipinski definition) is 5. The zero-order valence-corrected chi connectivity index (χ0v) is 14.5. The highest BCUT2D eigenvalue weighted by Crippen LogP contribution is 2.25. The Labute approximate surface area is 141 Å². The molecule has 0 unspecified atom stereocenters. The van der Waals surface area contributed by atoms with Crippen LogP contribution in [-0.2, 0) is 9.84 Å². The minimum atomic E-state index is -3.42. The number of ether oxygens (including phenoxy) is 2. The van der Waals surface area contributed by atoms with E-state index in [0.29, 0.717) is 5.56 Å². The predicted octanol–water partition coefficient (Wildman–Crippen LogP) is 3.00. The van der Waals surface area contributed by atoms with E-state index in [0.717, 1.165) is 17.6 Å². The first-order chi connectivity index (χ1) is 11.3. The van der Waals surface area contributed by atoms with Crippen LogP contribution in [0, 0.1) is 0 Å².